The van der Waals surface area contributed by atoms with Crippen LogP contribution in [0.1, 0.15) is 47.5 Å². The van der Waals surface area contributed by atoms with Gasteiger partial charge in [-0.2, -0.15) is 5.26 Å². The van der Waals surface area contributed by atoms with Crippen LogP contribution < -0.4 is 10.9 Å². The van der Waals surface area contributed by atoms with Crippen LogP contribution in [0.15, 0.2) is 0 Å². The second-order valence-corrected chi connectivity index (χ2v) is 5.80. The van der Waals surface area contributed by atoms with Crippen molar-refractivity contribution < 1.29 is 9.53 Å². The summed E-state index contributed by atoms with van der Waals surface area (Å²) in [5, 5.41) is 8.51. The highest BCUT2D eigenvalue weighted by atomic mass is 16.6. The summed E-state index contributed by atoms with van der Waals surface area (Å²) in [6.45, 7) is 10.1. The van der Waals surface area contributed by atoms with Gasteiger partial charge in [0.2, 0.25) is 0 Å². The molecule has 0 bridgehead atoms. The molecule has 0 saturated heterocycles. The van der Waals surface area contributed by atoms with Gasteiger partial charge >= 0.3 is 6.09 Å². The van der Waals surface area contributed by atoms with Gasteiger partial charge in [0.05, 0.1) is 6.07 Å². The van der Waals surface area contributed by atoms with Crippen LogP contribution in [-0.2, 0) is 4.74 Å². The highest BCUT2D eigenvalue weighted by Gasteiger charge is 2.19. The Morgan fingerprint density at radius 1 is 1.29 bits per heavy atom. The highest BCUT2D eigenvalue weighted by molar-refractivity contribution is 5.66. The minimum Gasteiger partial charge on any atom is -0.443 e. The molecule has 0 aromatic rings. The summed E-state index contributed by atoms with van der Waals surface area (Å²) < 4.78 is 5.07. The smallest absolute Gasteiger partial charge is 0.422 e. The van der Waals surface area contributed by atoms with Crippen LogP contribution in [0.25, 0.3) is 0 Å². The summed E-state index contributed by atoms with van der Waals surface area (Å²) in [4.78, 5) is 11.3. The van der Waals surface area contributed by atoms with Crippen LogP contribution >= 0.6 is 0 Å². The van der Waals surface area contributed by atoms with E-state index in [0.717, 1.165) is 6.42 Å². The molecule has 1 amide bonds. The fourth-order valence-corrected chi connectivity index (χ4v) is 1.14. The topological polar surface area (TPSA) is 74.2 Å². The Morgan fingerprint density at radius 2 is 1.88 bits per heavy atom. The number of ether oxygens (including phenoxy) is 1. The molecule has 98 valence electrons. The van der Waals surface area contributed by atoms with Crippen LogP contribution in [0.5, 0.6) is 0 Å². The minimum absolute atomic E-state index is 0.0370. The molecule has 0 spiro atoms. The van der Waals surface area contributed by atoms with Crippen molar-refractivity contribution in [2.45, 2.75) is 53.1 Å². The van der Waals surface area contributed by atoms with E-state index in [1.807, 2.05) is 34.6 Å². The Labute approximate surface area is 103 Å². The first-order chi connectivity index (χ1) is 7.66. The largest absolute Gasteiger partial charge is 0.443 e. The third-order valence-electron chi connectivity index (χ3n) is 2.07. The Balaban J connectivity index is 3.84. The fraction of sp³-hybridized carbons (Fsp3) is 0.833. The number of nitriles is 1. The lowest BCUT2D eigenvalue weighted by Crippen LogP contribution is -2.44. The molecule has 0 fully saturated rings. The first-order valence-electron chi connectivity index (χ1n) is 5.75. The van der Waals surface area contributed by atoms with Gasteiger partial charge in [0.25, 0.3) is 0 Å². The molecule has 0 saturated carbocycles. The van der Waals surface area contributed by atoms with Crippen molar-refractivity contribution in [2.24, 2.45) is 5.41 Å². The number of hydrazine groups is 1. The van der Waals surface area contributed by atoms with Gasteiger partial charge in [0.15, 0.2) is 0 Å². The first-order valence-corrected chi connectivity index (χ1v) is 5.75. The molecule has 0 aliphatic carbocycles. The summed E-state index contributed by atoms with van der Waals surface area (Å²) in [5.74, 6) is 0. The summed E-state index contributed by atoms with van der Waals surface area (Å²) in [6, 6.07) is 2.11. The molecule has 0 aliphatic heterocycles. The lowest BCUT2D eigenvalue weighted by molar-refractivity contribution is 0.0489. The zero-order valence-corrected chi connectivity index (χ0v) is 11.4. The molecule has 0 aliphatic rings. The van der Waals surface area contributed by atoms with Crippen molar-refractivity contribution in [1.29, 1.82) is 5.26 Å². The lowest BCUT2D eigenvalue weighted by atomic mass is 9.88. The number of hydrogen-bond donors (Lipinski definition) is 2. The SMILES string of the molecule is CC(C)(CCC#N)CNNC(=O)OC(C)(C)C. The van der Waals surface area contributed by atoms with Gasteiger partial charge in [-0.3, -0.25) is 5.43 Å². The van der Waals surface area contributed by atoms with Gasteiger partial charge in [-0.1, -0.05) is 13.8 Å². The van der Waals surface area contributed by atoms with Gasteiger partial charge in [0, 0.05) is 13.0 Å². The molecule has 5 nitrogen and oxygen atoms in total. The molecule has 5 heteroatoms. The maximum absolute atomic E-state index is 11.3. The predicted molar refractivity (Wildman–Crippen MR) is 66.0 cm³/mol. The van der Waals surface area contributed by atoms with E-state index >= 15 is 0 Å². The Kier molecular flexibility index (Phi) is 5.97. The van der Waals surface area contributed by atoms with Crippen molar-refractivity contribution in [3.8, 4) is 6.07 Å². The number of nitrogens with one attached hydrogen (secondary N) is 2. The van der Waals surface area contributed by atoms with E-state index in [-0.39, 0.29) is 5.41 Å². The van der Waals surface area contributed by atoms with Gasteiger partial charge in [-0.15, -0.1) is 0 Å². The number of nitrogens with zero attached hydrogens (tertiary/aromatic N) is 1. The second-order valence-electron chi connectivity index (χ2n) is 5.80. The fourth-order valence-electron chi connectivity index (χ4n) is 1.14. The number of hydrogen-bond acceptors (Lipinski definition) is 4. The normalized spacial score (nSPS) is 11.8. The molecule has 0 unspecified atom stereocenters. The maximum Gasteiger partial charge on any atom is 0.422 e. The molecule has 0 rings (SSSR count). The van der Waals surface area contributed by atoms with Crippen molar-refractivity contribution in [1.82, 2.24) is 10.9 Å². The van der Waals surface area contributed by atoms with Crippen LogP contribution in [0.3, 0.4) is 0 Å². The van der Waals surface area contributed by atoms with Crippen LogP contribution in [-0.4, -0.2) is 18.2 Å². The monoisotopic (exact) mass is 241 g/mol. The van der Waals surface area contributed by atoms with Gasteiger partial charge in [-0.25, -0.2) is 10.2 Å². The average Bonchev–Trinajstić information content (AvgIpc) is 2.11. The Hall–Kier alpha value is -1.28. The number of rotatable bonds is 5. The van der Waals surface area contributed by atoms with Crippen molar-refractivity contribution in [3.63, 3.8) is 0 Å². The molecule has 0 radical (unpaired) electrons. The van der Waals surface area contributed by atoms with Crippen LogP contribution in [0, 0.1) is 16.7 Å². The van der Waals surface area contributed by atoms with E-state index in [1.54, 1.807) is 0 Å². The maximum atomic E-state index is 11.3. The van der Waals surface area contributed by atoms with Gasteiger partial charge < -0.3 is 4.74 Å². The standard InChI is InChI=1S/C12H23N3O2/c1-11(2,3)17-10(16)15-14-9-12(4,5)7-6-8-13/h14H,6-7,9H2,1-5H3,(H,15,16). The number of carbonyl (C=O) groups excluding carboxylic acids is 1. The van der Waals surface area contributed by atoms with Gasteiger partial charge in [0.1, 0.15) is 5.60 Å². The molecule has 0 atom stereocenters. The third-order valence-corrected chi connectivity index (χ3v) is 2.07. The van der Waals surface area contributed by atoms with Crippen LogP contribution in [0.4, 0.5) is 4.79 Å². The molecule has 0 heterocycles. The highest BCUT2D eigenvalue weighted by Crippen LogP contribution is 2.20. The molecule has 0 aromatic carbocycles. The second kappa shape index (κ2) is 6.45. The van der Waals surface area contributed by atoms with E-state index in [9.17, 15) is 4.79 Å². The molecule has 17 heavy (non-hydrogen) atoms. The van der Waals surface area contributed by atoms with Crippen molar-refractivity contribution >= 4 is 6.09 Å². The number of carbonyl (C=O) groups is 1. The molecular formula is C12H23N3O2. The minimum atomic E-state index is -0.498. The summed E-state index contributed by atoms with van der Waals surface area (Å²) in [5.41, 5.74) is 4.77. The average molecular weight is 241 g/mol. The van der Waals surface area contributed by atoms with Gasteiger partial charge in [-0.05, 0) is 32.6 Å². The van der Waals surface area contributed by atoms with E-state index in [1.165, 1.54) is 0 Å². The molecule has 2 N–H and O–H groups in total. The van der Waals surface area contributed by atoms with E-state index in [2.05, 4.69) is 16.9 Å². The molecule has 0 aromatic heterocycles. The van der Waals surface area contributed by atoms with E-state index in [0.29, 0.717) is 13.0 Å². The third kappa shape index (κ3) is 9.64. The number of amides is 1. The van der Waals surface area contributed by atoms with E-state index in [4.69, 9.17) is 10.00 Å². The zero-order valence-electron chi connectivity index (χ0n) is 11.4. The van der Waals surface area contributed by atoms with Crippen molar-refractivity contribution in [2.75, 3.05) is 6.54 Å². The predicted octanol–water partition coefficient (Wildman–Crippen LogP) is 2.35. The Bertz CT molecular complexity index is 287. The Morgan fingerprint density at radius 3 is 2.35 bits per heavy atom. The lowest BCUT2D eigenvalue weighted by Gasteiger charge is -2.25. The summed E-state index contributed by atoms with van der Waals surface area (Å²) in [6.07, 6.45) is 0.807. The van der Waals surface area contributed by atoms with Crippen molar-refractivity contribution in [3.05, 3.63) is 0 Å². The first kappa shape index (κ1) is 15.7. The quantitative estimate of drug-likeness (QED) is 0.724. The van der Waals surface area contributed by atoms with Crippen LogP contribution in [0.2, 0.25) is 0 Å². The van der Waals surface area contributed by atoms with E-state index < -0.39 is 11.7 Å². The summed E-state index contributed by atoms with van der Waals surface area (Å²) in [7, 11) is 0. The molecular weight excluding hydrogens is 218 g/mol. The zero-order chi connectivity index (χ0) is 13.5. The summed E-state index contributed by atoms with van der Waals surface area (Å²) >= 11 is 0.